The van der Waals surface area contributed by atoms with Crippen molar-refractivity contribution in [1.82, 2.24) is 0 Å². The van der Waals surface area contributed by atoms with Crippen LogP contribution in [0.5, 0.6) is 5.75 Å². The van der Waals surface area contributed by atoms with Gasteiger partial charge in [0.2, 0.25) is 5.91 Å². The lowest BCUT2D eigenvalue weighted by molar-refractivity contribution is -0.384. The number of phenols is 1. The van der Waals surface area contributed by atoms with Crippen LogP contribution < -0.4 is 4.90 Å². The van der Waals surface area contributed by atoms with Gasteiger partial charge in [0.15, 0.2) is 0 Å². The quantitative estimate of drug-likeness (QED) is 0.607. The van der Waals surface area contributed by atoms with Crippen molar-refractivity contribution in [3.05, 3.63) is 28.3 Å². The Morgan fingerprint density at radius 3 is 2.78 bits per heavy atom. The minimum Gasteiger partial charge on any atom is -0.508 e. The molecule has 7 nitrogen and oxygen atoms in total. The summed E-state index contributed by atoms with van der Waals surface area (Å²) >= 11 is 0. The van der Waals surface area contributed by atoms with Gasteiger partial charge < -0.3 is 15.1 Å². The Balaban J connectivity index is 2.39. The van der Waals surface area contributed by atoms with Crippen LogP contribution in [0.15, 0.2) is 18.2 Å². The molecule has 1 saturated heterocycles. The summed E-state index contributed by atoms with van der Waals surface area (Å²) in [6.45, 7) is 0.120. The van der Waals surface area contributed by atoms with Gasteiger partial charge in [-0.2, -0.15) is 0 Å². The number of benzene rings is 1. The average molecular weight is 252 g/mol. The van der Waals surface area contributed by atoms with Gasteiger partial charge in [0.1, 0.15) is 11.4 Å². The van der Waals surface area contributed by atoms with Gasteiger partial charge >= 0.3 is 0 Å². The molecule has 1 fully saturated rings. The topological polar surface area (TPSA) is 104 Å². The van der Waals surface area contributed by atoms with Crippen molar-refractivity contribution >= 4 is 17.3 Å². The smallest absolute Gasteiger partial charge is 0.296 e. The van der Waals surface area contributed by atoms with E-state index >= 15 is 0 Å². The number of nitro benzene ring substituents is 1. The minimum atomic E-state index is -0.644. The molecule has 1 aromatic carbocycles. The normalized spacial score (nSPS) is 19.3. The number of hydrogen-bond acceptors (Lipinski definition) is 5. The van der Waals surface area contributed by atoms with E-state index < -0.39 is 4.92 Å². The Morgan fingerprint density at radius 1 is 1.50 bits per heavy atom. The number of carbonyl (C=O) groups is 1. The van der Waals surface area contributed by atoms with E-state index in [1.54, 1.807) is 0 Å². The first-order valence-electron chi connectivity index (χ1n) is 5.41. The van der Waals surface area contributed by atoms with Crippen LogP contribution in [0.25, 0.3) is 0 Å². The number of rotatable bonds is 3. The van der Waals surface area contributed by atoms with Crippen molar-refractivity contribution in [2.75, 3.05) is 18.1 Å². The van der Waals surface area contributed by atoms with Crippen LogP contribution in [0.2, 0.25) is 0 Å². The molecule has 2 rings (SSSR count). The van der Waals surface area contributed by atoms with E-state index in [-0.39, 0.29) is 48.5 Å². The number of hydrogen-bond donors (Lipinski definition) is 2. The summed E-state index contributed by atoms with van der Waals surface area (Å²) in [5, 5.41) is 29.2. The predicted octanol–water partition coefficient (Wildman–Crippen LogP) is 0.646. The molecule has 0 saturated carbocycles. The summed E-state index contributed by atoms with van der Waals surface area (Å²) < 4.78 is 0. The van der Waals surface area contributed by atoms with E-state index in [4.69, 9.17) is 5.11 Å². The first-order valence-corrected chi connectivity index (χ1v) is 5.41. The highest BCUT2D eigenvalue weighted by Gasteiger charge is 2.33. The molecular formula is C11H12N2O5. The fourth-order valence-corrected chi connectivity index (χ4v) is 2.02. The molecule has 1 aromatic rings. The highest BCUT2D eigenvalue weighted by Crippen LogP contribution is 2.35. The molecule has 0 radical (unpaired) electrons. The molecule has 96 valence electrons. The molecule has 1 unspecified atom stereocenters. The Morgan fingerprint density at radius 2 is 2.22 bits per heavy atom. The standard InChI is InChI=1S/C11H12N2O5/c14-6-7-3-11(16)12(5-7)9-2-1-8(15)4-10(9)13(17)18/h1-2,4,7,14-15H,3,5-6H2. The van der Waals surface area contributed by atoms with E-state index in [2.05, 4.69) is 0 Å². The van der Waals surface area contributed by atoms with Gasteiger partial charge in [-0.05, 0) is 12.1 Å². The van der Waals surface area contributed by atoms with Crippen LogP contribution in [0.1, 0.15) is 6.42 Å². The van der Waals surface area contributed by atoms with Gasteiger partial charge in [-0.1, -0.05) is 0 Å². The highest BCUT2D eigenvalue weighted by atomic mass is 16.6. The maximum atomic E-state index is 11.7. The van der Waals surface area contributed by atoms with E-state index in [0.29, 0.717) is 0 Å². The van der Waals surface area contributed by atoms with E-state index in [9.17, 15) is 20.0 Å². The lowest BCUT2D eigenvalue weighted by Crippen LogP contribution is -2.25. The number of anilines is 1. The Hall–Kier alpha value is -2.15. The number of aliphatic hydroxyl groups excluding tert-OH is 1. The van der Waals surface area contributed by atoms with Gasteiger partial charge in [0, 0.05) is 25.5 Å². The maximum Gasteiger partial charge on any atom is 0.296 e. The van der Waals surface area contributed by atoms with Crippen molar-refractivity contribution in [3.63, 3.8) is 0 Å². The van der Waals surface area contributed by atoms with Gasteiger partial charge in [0.05, 0.1) is 11.0 Å². The van der Waals surface area contributed by atoms with Crippen LogP contribution in [0, 0.1) is 16.0 Å². The van der Waals surface area contributed by atoms with Gasteiger partial charge in [0.25, 0.3) is 5.69 Å². The van der Waals surface area contributed by atoms with Crippen LogP contribution >= 0.6 is 0 Å². The van der Waals surface area contributed by atoms with Crippen molar-refractivity contribution in [2.24, 2.45) is 5.92 Å². The fourth-order valence-electron chi connectivity index (χ4n) is 2.02. The van der Waals surface area contributed by atoms with E-state index in [1.807, 2.05) is 0 Å². The number of carbonyl (C=O) groups excluding carboxylic acids is 1. The number of phenolic OH excluding ortho intramolecular Hbond substituents is 1. The zero-order chi connectivity index (χ0) is 13.3. The number of aliphatic hydroxyl groups is 1. The first-order chi connectivity index (χ1) is 8.52. The van der Waals surface area contributed by atoms with Gasteiger partial charge in [-0.15, -0.1) is 0 Å². The molecule has 7 heteroatoms. The molecular weight excluding hydrogens is 240 g/mol. The summed E-state index contributed by atoms with van der Waals surface area (Å²) in [6, 6.07) is 3.64. The molecule has 0 spiro atoms. The molecule has 0 bridgehead atoms. The molecule has 1 aliphatic heterocycles. The summed E-state index contributed by atoms with van der Waals surface area (Å²) in [5.74, 6) is -0.690. The monoisotopic (exact) mass is 252 g/mol. The lowest BCUT2D eigenvalue weighted by Gasteiger charge is -2.16. The Bertz CT molecular complexity index is 502. The van der Waals surface area contributed by atoms with Crippen LogP contribution in [0.4, 0.5) is 11.4 Å². The second-order valence-corrected chi connectivity index (χ2v) is 4.19. The molecule has 1 aliphatic rings. The zero-order valence-electron chi connectivity index (χ0n) is 9.44. The third kappa shape index (κ3) is 2.12. The third-order valence-electron chi connectivity index (χ3n) is 2.91. The van der Waals surface area contributed by atoms with Crippen LogP contribution in [-0.2, 0) is 4.79 Å². The average Bonchev–Trinajstić information content (AvgIpc) is 2.70. The third-order valence-corrected chi connectivity index (χ3v) is 2.91. The zero-order valence-corrected chi connectivity index (χ0v) is 9.44. The minimum absolute atomic E-state index is 0.131. The van der Waals surface area contributed by atoms with E-state index in [0.717, 1.165) is 6.07 Å². The molecule has 1 atom stereocenters. The SMILES string of the molecule is O=C1CC(CO)CN1c1ccc(O)cc1[N+](=O)[O-]. The Kier molecular flexibility index (Phi) is 3.15. The summed E-state index contributed by atoms with van der Waals surface area (Å²) in [5.41, 5.74) is -0.166. The van der Waals surface area contributed by atoms with Gasteiger partial charge in [-0.3, -0.25) is 14.9 Å². The number of aromatic hydroxyl groups is 1. The predicted molar refractivity (Wildman–Crippen MR) is 62.3 cm³/mol. The lowest BCUT2D eigenvalue weighted by atomic mass is 10.1. The van der Waals surface area contributed by atoms with Crippen LogP contribution in [0.3, 0.4) is 0 Å². The molecule has 2 N–H and O–H groups in total. The van der Waals surface area contributed by atoms with Gasteiger partial charge in [-0.25, -0.2) is 0 Å². The molecule has 0 aromatic heterocycles. The molecule has 1 heterocycles. The second kappa shape index (κ2) is 4.61. The summed E-state index contributed by atoms with van der Waals surface area (Å²) in [4.78, 5) is 23.3. The Labute approximate surface area is 102 Å². The highest BCUT2D eigenvalue weighted by molar-refractivity contribution is 5.98. The fraction of sp³-hybridized carbons (Fsp3) is 0.364. The van der Waals surface area contributed by atoms with E-state index in [1.165, 1.54) is 17.0 Å². The van der Waals surface area contributed by atoms with Crippen molar-refractivity contribution in [3.8, 4) is 5.75 Å². The first kappa shape index (κ1) is 12.3. The number of nitro groups is 1. The molecule has 1 amide bonds. The van der Waals surface area contributed by atoms with Crippen LogP contribution in [-0.4, -0.2) is 34.2 Å². The second-order valence-electron chi connectivity index (χ2n) is 4.19. The largest absolute Gasteiger partial charge is 0.508 e. The molecule has 18 heavy (non-hydrogen) atoms. The number of nitrogens with zero attached hydrogens (tertiary/aromatic N) is 2. The maximum absolute atomic E-state index is 11.7. The summed E-state index contributed by atoms with van der Waals surface area (Å²) in [7, 11) is 0. The van der Waals surface area contributed by atoms with Crippen molar-refractivity contribution in [1.29, 1.82) is 0 Å². The van der Waals surface area contributed by atoms with Crippen molar-refractivity contribution < 1.29 is 19.9 Å². The van der Waals surface area contributed by atoms with Crippen molar-refractivity contribution in [2.45, 2.75) is 6.42 Å². The number of amides is 1. The molecule has 0 aliphatic carbocycles. The summed E-state index contributed by atoms with van der Waals surface area (Å²) in [6.07, 6.45) is 0.175.